The normalized spacial score (nSPS) is 10.4. The Morgan fingerprint density at radius 1 is 1.26 bits per heavy atom. The molecule has 2 aromatic carbocycles. The highest BCUT2D eigenvalue weighted by Gasteiger charge is 2.12. The summed E-state index contributed by atoms with van der Waals surface area (Å²) in [4.78, 5) is 16.5. The van der Waals surface area contributed by atoms with Gasteiger partial charge in [-0.05, 0) is 47.8 Å². The number of benzene rings is 2. The van der Waals surface area contributed by atoms with E-state index in [0.29, 0.717) is 16.5 Å². The molecule has 0 bridgehead atoms. The van der Waals surface area contributed by atoms with E-state index in [1.807, 2.05) is 24.3 Å². The van der Waals surface area contributed by atoms with Gasteiger partial charge in [0.25, 0.3) is 0 Å². The summed E-state index contributed by atoms with van der Waals surface area (Å²) >= 11 is 7.52. The van der Waals surface area contributed by atoms with Crippen LogP contribution in [0.5, 0.6) is 5.75 Å². The number of nitrogens with two attached hydrogens (primary N) is 1. The number of rotatable bonds is 5. The largest absolute Gasteiger partial charge is 0.507 e. The highest BCUT2D eigenvalue weighted by atomic mass is 35.5. The standard InChI is InChI=1S/C19H16ClN3O3S/c1-26-19(25)15-6-5-13(8-17(15)24)23-27-14-9-16(18(20)22-10-14)11-3-2-4-12(21)7-11/h2-10,23-24H,21H2,1H3. The number of hydrogen-bond acceptors (Lipinski definition) is 7. The molecule has 0 saturated carbocycles. The molecule has 0 aliphatic heterocycles. The van der Waals surface area contributed by atoms with Gasteiger partial charge in [0.2, 0.25) is 0 Å². The lowest BCUT2D eigenvalue weighted by molar-refractivity contribution is 0.0597. The number of hydrogen-bond donors (Lipinski definition) is 3. The summed E-state index contributed by atoms with van der Waals surface area (Å²) in [5.41, 5.74) is 8.83. The predicted molar refractivity (Wildman–Crippen MR) is 108 cm³/mol. The molecule has 8 heteroatoms. The third-order valence-electron chi connectivity index (χ3n) is 3.70. The summed E-state index contributed by atoms with van der Waals surface area (Å²) in [6.07, 6.45) is 1.64. The second-order valence-corrected chi connectivity index (χ2v) is 6.80. The van der Waals surface area contributed by atoms with Crippen LogP contribution in [-0.4, -0.2) is 23.2 Å². The molecule has 0 radical (unpaired) electrons. The third kappa shape index (κ3) is 4.45. The van der Waals surface area contributed by atoms with Crippen molar-refractivity contribution in [1.82, 2.24) is 4.98 Å². The number of aromatic hydroxyl groups is 1. The van der Waals surface area contributed by atoms with Crippen LogP contribution in [0.1, 0.15) is 10.4 Å². The van der Waals surface area contributed by atoms with Crippen LogP contribution in [-0.2, 0) is 4.74 Å². The molecule has 0 fully saturated rings. The summed E-state index contributed by atoms with van der Waals surface area (Å²) in [6, 6.07) is 13.9. The molecule has 138 valence electrons. The van der Waals surface area contributed by atoms with E-state index in [-0.39, 0.29) is 11.3 Å². The fourth-order valence-electron chi connectivity index (χ4n) is 2.39. The first-order valence-electron chi connectivity index (χ1n) is 7.83. The van der Waals surface area contributed by atoms with E-state index in [0.717, 1.165) is 16.0 Å². The van der Waals surface area contributed by atoms with E-state index in [9.17, 15) is 9.90 Å². The Morgan fingerprint density at radius 3 is 2.78 bits per heavy atom. The number of aromatic nitrogens is 1. The SMILES string of the molecule is COC(=O)c1ccc(NSc2cnc(Cl)c(-c3cccc(N)c3)c2)cc1O. The number of nitrogens with one attached hydrogen (secondary N) is 1. The van der Waals surface area contributed by atoms with Gasteiger partial charge in [0.05, 0.1) is 7.11 Å². The van der Waals surface area contributed by atoms with Crippen LogP contribution in [0.2, 0.25) is 5.15 Å². The smallest absolute Gasteiger partial charge is 0.341 e. The first kappa shape index (κ1) is 18.9. The summed E-state index contributed by atoms with van der Waals surface area (Å²) < 4.78 is 7.70. The molecular formula is C19H16ClN3O3S. The molecule has 27 heavy (non-hydrogen) atoms. The first-order valence-corrected chi connectivity index (χ1v) is 9.03. The maximum absolute atomic E-state index is 11.5. The molecule has 4 N–H and O–H groups in total. The Bertz CT molecular complexity index is 998. The highest BCUT2D eigenvalue weighted by molar-refractivity contribution is 8.00. The number of nitrogens with zero attached hydrogens (tertiary/aromatic N) is 1. The van der Waals surface area contributed by atoms with E-state index >= 15 is 0 Å². The Hall–Kier alpha value is -2.90. The third-order valence-corrected chi connectivity index (χ3v) is 4.80. The molecule has 6 nitrogen and oxygen atoms in total. The van der Waals surface area contributed by atoms with E-state index in [2.05, 4.69) is 14.4 Å². The Morgan fingerprint density at radius 2 is 2.07 bits per heavy atom. The van der Waals surface area contributed by atoms with Crippen molar-refractivity contribution in [2.75, 3.05) is 17.6 Å². The molecule has 0 aliphatic rings. The van der Waals surface area contributed by atoms with Crippen LogP contribution < -0.4 is 10.5 Å². The lowest BCUT2D eigenvalue weighted by Gasteiger charge is -2.10. The number of phenols is 1. The number of halogens is 1. The number of ether oxygens (including phenoxy) is 1. The van der Waals surface area contributed by atoms with Crippen molar-refractivity contribution in [2.45, 2.75) is 4.90 Å². The van der Waals surface area contributed by atoms with Crippen molar-refractivity contribution in [2.24, 2.45) is 0 Å². The minimum Gasteiger partial charge on any atom is -0.507 e. The Labute approximate surface area is 165 Å². The number of nitrogen functional groups attached to an aromatic ring is 1. The number of phenolic OH excluding ortho intramolecular Hbond substituents is 1. The molecule has 0 amide bonds. The summed E-state index contributed by atoms with van der Waals surface area (Å²) in [5, 5.41) is 10.3. The van der Waals surface area contributed by atoms with Crippen LogP contribution in [0.4, 0.5) is 11.4 Å². The minimum atomic E-state index is -0.597. The topological polar surface area (TPSA) is 97.5 Å². The van der Waals surface area contributed by atoms with Crippen molar-refractivity contribution in [3.8, 4) is 16.9 Å². The monoisotopic (exact) mass is 401 g/mol. The fraction of sp³-hybridized carbons (Fsp3) is 0.0526. The Balaban J connectivity index is 1.78. The molecule has 1 heterocycles. The van der Waals surface area contributed by atoms with Gasteiger partial charge in [0, 0.05) is 34.1 Å². The molecule has 3 aromatic rings. The molecular weight excluding hydrogens is 386 g/mol. The van der Waals surface area contributed by atoms with E-state index in [1.165, 1.54) is 31.2 Å². The number of esters is 1. The fourth-order valence-corrected chi connectivity index (χ4v) is 3.25. The van der Waals surface area contributed by atoms with Crippen LogP contribution in [0.25, 0.3) is 11.1 Å². The average Bonchev–Trinajstić information content (AvgIpc) is 2.67. The number of anilines is 2. The molecule has 0 spiro atoms. The van der Waals surface area contributed by atoms with Crippen LogP contribution >= 0.6 is 23.5 Å². The second kappa shape index (κ2) is 8.20. The average molecular weight is 402 g/mol. The lowest BCUT2D eigenvalue weighted by atomic mass is 10.1. The summed E-state index contributed by atoms with van der Waals surface area (Å²) in [5.74, 6) is -0.762. The van der Waals surface area contributed by atoms with Crippen molar-refractivity contribution in [1.29, 1.82) is 0 Å². The summed E-state index contributed by atoms with van der Waals surface area (Å²) in [7, 11) is 1.26. The molecule has 0 aliphatic carbocycles. The zero-order valence-corrected chi connectivity index (χ0v) is 15.8. The second-order valence-electron chi connectivity index (χ2n) is 5.56. The predicted octanol–water partition coefficient (Wildman–Crippen LogP) is 4.60. The molecule has 0 saturated heterocycles. The van der Waals surface area contributed by atoms with Gasteiger partial charge in [-0.2, -0.15) is 0 Å². The van der Waals surface area contributed by atoms with Gasteiger partial charge < -0.3 is 20.3 Å². The maximum Gasteiger partial charge on any atom is 0.341 e. The van der Waals surface area contributed by atoms with Gasteiger partial charge in [-0.1, -0.05) is 23.7 Å². The van der Waals surface area contributed by atoms with Gasteiger partial charge in [-0.15, -0.1) is 0 Å². The molecule has 0 atom stereocenters. The molecule has 1 aromatic heterocycles. The van der Waals surface area contributed by atoms with Gasteiger partial charge in [-0.3, -0.25) is 0 Å². The number of methoxy groups -OCH3 is 1. The summed E-state index contributed by atoms with van der Waals surface area (Å²) in [6.45, 7) is 0. The zero-order valence-electron chi connectivity index (χ0n) is 14.3. The molecule has 0 unspecified atom stereocenters. The maximum atomic E-state index is 11.5. The van der Waals surface area contributed by atoms with Crippen LogP contribution in [0, 0.1) is 0 Å². The lowest BCUT2D eigenvalue weighted by Crippen LogP contribution is -2.01. The number of pyridine rings is 1. The van der Waals surface area contributed by atoms with Gasteiger partial charge in [0.1, 0.15) is 16.5 Å². The number of carbonyl (C=O) groups excluding carboxylic acids is 1. The van der Waals surface area contributed by atoms with E-state index < -0.39 is 5.97 Å². The van der Waals surface area contributed by atoms with Crippen molar-refractivity contribution < 1.29 is 14.6 Å². The van der Waals surface area contributed by atoms with Crippen molar-refractivity contribution >= 4 is 40.9 Å². The quantitative estimate of drug-likeness (QED) is 0.249. The van der Waals surface area contributed by atoms with Crippen molar-refractivity contribution in [3.05, 3.63) is 65.4 Å². The van der Waals surface area contributed by atoms with Gasteiger partial charge >= 0.3 is 5.97 Å². The van der Waals surface area contributed by atoms with Gasteiger partial charge in [-0.25, -0.2) is 9.78 Å². The number of carbonyl (C=O) groups is 1. The minimum absolute atomic E-state index is 0.102. The van der Waals surface area contributed by atoms with Crippen molar-refractivity contribution in [3.63, 3.8) is 0 Å². The Kier molecular flexibility index (Phi) is 5.73. The van der Waals surface area contributed by atoms with Crippen LogP contribution in [0.15, 0.2) is 59.6 Å². The highest BCUT2D eigenvalue weighted by Crippen LogP contribution is 2.32. The first-order chi connectivity index (χ1) is 13.0. The van der Waals surface area contributed by atoms with E-state index in [1.54, 1.807) is 18.3 Å². The molecule has 3 rings (SSSR count). The van der Waals surface area contributed by atoms with Crippen LogP contribution in [0.3, 0.4) is 0 Å². The van der Waals surface area contributed by atoms with E-state index in [4.69, 9.17) is 17.3 Å². The zero-order chi connectivity index (χ0) is 19.4. The van der Waals surface area contributed by atoms with Gasteiger partial charge in [0.15, 0.2) is 0 Å².